The summed E-state index contributed by atoms with van der Waals surface area (Å²) in [5.41, 5.74) is 4.93. The molecule has 1 amide bonds. The standard InChI is InChI=1S/C4H11N2O5P/c5-3-4(7)6-1-2-11-12(8,9)10/h1-3,5H2,(H,6,7)(H2,8,9,10). The summed E-state index contributed by atoms with van der Waals surface area (Å²) < 4.78 is 14.1. The zero-order chi connectivity index (χ0) is 9.61. The van der Waals surface area contributed by atoms with Gasteiger partial charge in [-0.15, -0.1) is 0 Å². The molecule has 5 N–H and O–H groups in total. The summed E-state index contributed by atoms with van der Waals surface area (Å²) >= 11 is 0. The Kier molecular flexibility index (Phi) is 5.03. The van der Waals surface area contributed by atoms with Crippen molar-refractivity contribution in [1.29, 1.82) is 0 Å². The van der Waals surface area contributed by atoms with E-state index in [0.717, 1.165) is 0 Å². The van der Waals surface area contributed by atoms with Gasteiger partial charge in [-0.05, 0) is 0 Å². The molecule has 0 bridgehead atoms. The first-order chi connectivity index (χ1) is 5.45. The Bertz CT molecular complexity index is 190. The van der Waals surface area contributed by atoms with Crippen LogP contribution in [0.15, 0.2) is 0 Å². The lowest BCUT2D eigenvalue weighted by molar-refractivity contribution is -0.119. The van der Waals surface area contributed by atoms with Crippen LogP contribution < -0.4 is 11.1 Å². The van der Waals surface area contributed by atoms with Crippen molar-refractivity contribution in [2.45, 2.75) is 0 Å². The third-order valence-electron chi connectivity index (χ3n) is 0.869. The van der Waals surface area contributed by atoms with E-state index in [1.807, 2.05) is 0 Å². The maximum Gasteiger partial charge on any atom is 0.469 e. The molecule has 0 aliphatic carbocycles. The second kappa shape index (κ2) is 5.23. The highest BCUT2D eigenvalue weighted by Crippen LogP contribution is 2.34. The molecule has 72 valence electrons. The van der Waals surface area contributed by atoms with Crippen molar-refractivity contribution in [2.75, 3.05) is 19.7 Å². The summed E-state index contributed by atoms with van der Waals surface area (Å²) in [6.07, 6.45) is 0. The van der Waals surface area contributed by atoms with Crippen LogP contribution in [0.3, 0.4) is 0 Å². The van der Waals surface area contributed by atoms with Gasteiger partial charge in [0.05, 0.1) is 13.2 Å². The van der Waals surface area contributed by atoms with E-state index in [0.29, 0.717) is 0 Å². The van der Waals surface area contributed by atoms with Crippen LogP contribution in [0.1, 0.15) is 0 Å². The number of carbonyl (C=O) groups is 1. The number of carbonyl (C=O) groups excluding carboxylic acids is 1. The number of phosphoric acid groups is 1. The van der Waals surface area contributed by atoms with E-state index < -0.39 is 13.7 Å². The van der Waals surface area contributed by atoms with Crippen molar-refractivity contribution in [1.82, 2.24) is 5.32 Å². The van der Waals surface area contributed by atoms with Crippen molar-refractivity contribution in [3.8, 4) is 0 Å². The third-order valence-corrected chi connectivity index (χ3v) is 1.39. The summed E-state index contributed by atoms with van der Waals surface area (Å²) in [6, 6.07) is 0. The molecule has 0 saturated heterocycles. The van der Waals surface area contributed by atoms with Gasteiger partial charge in [0.2, 0.25) is 5.91 Å². The maximum atomic E-state index is 10.5. The molecule has 12 heavy (non-hydrogen) atoms. The number of hydrogen-bond donors (Lipinski definition) is 4. The number of nitrogens with one attached hydrogen (secondary N) is 1. The molecule has 0 heterocycles. The molecule has 0 aliphatic heterocycles. The smallest absolute Gasteiger partial charge is 0.353 e. The lowest BCUT2D eigenvalue weighted by Crippen LogP contribution is -2.32. The van der Waals surface area contributed by atoms with Crippen LogP contribution in [0, 0.1) is 0 Å². The van der Waals surface area contributed by atoms with Crippen molar-refractivity contribution in [2.24, 2.45) is 5.73 Å². The highest BCUT2D eigenvalue weighted by atomic mass is 31.2. The van der Waals surface area contributed by atoms with Crippen molar-refractivity contribution < 1.29 is 23.7 Å². The number of nitrogens with two attached hydrogens (primary N) is 1. The molecular weight excluding hydrogens is 187 g/mol. The fourth-order valence-corrected chi connectivity index (χ4v) is 0.756. The van der Waals surface area contributed by atoms with Crippen LogP contribution in [-0.2, 0) is 13.9 Å². The van der Waals surface area contributed by atoms with Gasteiger partial charge >= 0.3 is 7.82 Å². The topological polar surface area (TPSA) is 122 Å². The molecule has 8 heteroatoms. The Morgan fingerprint density at radius 2 is 2.17 bits per heavy atom. The molecule has 0 saturated carbocycles. The van der Waals surface area contributed by atoms with E-state index in [9.17, 15) is 9.36 Å². The predicted molar refractivity (Wildman–Crippen MR) is 40.1 cm³/mol. The number of hydrogen-bond acceptors (Lipinski definition) is 4. The van der Waals surface area contributed by atoms with Gasteiger partial charge in [0.15, 0.2) is 0 Å². The summed E-state index contributed by atoms with van der Waals surface area (Å²) in [4.78, 5) is 26.8. The monoisotopic (exact) mass is 198 g/mol. The molecule has 0 unspecified atom stereocenters. The average Bonchev–Trinajstić information content (AvgIpc) is 1.96. The van der Waals surface area contributed by atoms with E-state index in [1.165, 1.54) is 0 Å². The quantitative estimate of drug-likeness (QED) is 0.304. The molecule has 0 aromatic heterocycles. The Hall–Kier alpha value is -0.460. The summed E-state index contributed by atoms with van der Waals surface area (Å²) in [7, 11) is -4.42. The van der Waals surface area contributed by atoms with Gasteiger partial charge in [-0.3, -0.25) is 9.32 Å². The second-order valence-corrected chi connectivity index (χ2v) is 3.12. The zero-order valence-electron chi connectivity index (χ0n) is 6.27. The molecule has 0 radical (unpaired) electrons. The molecule has 0 aromatic rings. The Balaban J connectivity index is 3.34. The van der Waals surface area contributed by atoms with E-state index >= 15 is 0 Å². The molecule has 0 aromatic carbocycles. The van der Waals surface area contributed by atoms with Gasteiger partial charge in [0.25, 0.3) is 0 Å². The van der Waals surface area contributed by atoms with E-state index in [-0.39, 0.29) is 19.7 Å². The SMILES string of the molecule is NCC(=O)NCCOP(=O)(O)O. The number of rotatable bonds is 5. The molecule has 0 spiro atoms. The highest BCUT2D eigenvalue weighted by Gasteiger charge is 2.12. The van der Waals surface area contributed by atoms with Crippen LogP contribution in [0.25, 0.3) is 0 Å². The van der Waals surface area contributed by atoms with Crippen LogP contribution in [-0.4, -0.2) is 35.4 Å². The number of phosphoric ester groups is 1. The van der Waals surface area contributed by atoms with E-state index in [1.54, 1.807) is 0 Å². The van der Waals surface area contributed by atoms with Crippen LogP contribution in [0.4, 0.5) is 0 Å². The van der Waals surface area contributed by atoms with Crippen LogP contribution >= 0.6 is 7.82 Å². The molecule has 7 nitrogen and oxygen atoms in total. The van der Waals surface area contributed by atoms with Crippen molar-refractivity contribution in [3.63, 3.8) is 0 Å². The number of amides is 1. The normalized spacial score (nSPS) is 11.2. The lowest BCUT2D eigenvalue weighted by atomic mass is 10.6. The average molecular weight is 198 g/mol. The van der Waals surface area contributed by atoms with Crippen LogP contribution in [0.5, 0.6) is 0 Å². The van der Waals surface area contributed by atoms with Crippen molar-refractivity contribution >= 4 is 13.7 Å². The minimum absolute atomic E-state index is 0.0289. The van der Waals surface area contributed by atoms with Gasteiger partial charge in [-0.25, -0.2) is 4.57 Å². The highest BCUT2D eigenvalue weighted by molar-refractivity contribution is 7.46. The van der Waals surface area contributed by atoms with E-state index in [2.05, 4.69) is 9.84 Å². The maximum absolute atomic E-state index is 10.5. The summed E-state index contributed by atoms with van der Waals surface area (Å²) in [5, 5.41) is 2.27. The minimum Gasteiger partial charge on any atom is -0.353 e. The lowest BCUT2D eigenvalue weighted by Gasteiger charge is -2.05. The van der Waals surface area contributed by atoms with Gasteiger partial charge in [0.1, 0.15) is 0 Å². The zero-order valence-corrected chi connectivity index (χ0v) is 7.16. The first-order valence-electron chi connectivity index (χ1n) is 3.12. The first-order valence-corrected chi connectivity index (χ1v) is 4.65. The first kappa shape index (κ1) is 11.5. The largest absolute Gasteiger partial charge is 0.469 e. The fraction of sp³-hybridized carbons (Fsp3) is 0.750. The van der Waals surface area contributed by atoms with Gasteiger partial charge in [0, 0.05) is 6.54 Å². The van der Waals surface area contributed by atoms with Crippen LogP contribution in [0.2, 0.25) is 0 Å². The Morgan fingerprint density at radius 1 is 1.58 bits per heavy atom. The Labute approximate surface area is 69.1 Å². The van der Waals surface area contributed by atoms with Crippen molar-refractivity contribution in [3.05, 3.63) is 0 Å². The predicted octanol–water partition coefficient (Wildman–Crippen LogP) is -1.83. The minimum atomic E-state index is -4.42. The molecule has 0 fully saturated rings. The van der Waals surface area contributed by atoms with Gasteiger partial charge < -0.3 is 20.8 Å². The molecular formula is C4H11N2O5P. The summed E-state index contributed by atoms with van der Waals surface area (Å²) in [6.45, 7) is -0.368. The fourth-order valence-electron chi connectivity index (χ4n) is 0.427. The molecule has 0 aliphatic rings. The van der Waals surface area contributed by atoms with E-state index in [4.69, 9.17) is 15.5 Å². The van der Waals surface area contributed by atoms with Gasteiger partial charge in [-0.2, -0.15) is 0 Å². The summed E-state index contributed by atoms with van der Waals surface area (Å²) in [5.74, 6) is -0.399. The third kappa shape index (κ3) is 7.64. The second-order valence-electron chi connectivity index (χ2n) is 1.88. The molecule has 0 atom stereocenters. The molecule has 0 rings (SSSR count). The Morgan fingerprint density at radius 3 is 2.58 bits per heavy atom. The van der Waals surface area contributed by atoms with Gasteiger partial charge in [-0.1, -0.05) is 0 Å².